The van der Waals surface area contributed by atoms with Gasteiger partial charge >= 0.3 is 5.97 Å². The fraction of sp³-hybridized carbons (Fsp3) is 0.238. The molecule has 3 rings (SSSR count). The first-order chi connectivity index (χ1) is 13.9. The molecule has 152 valence electrons. The number of nitrogens with zero attached hydrogens (tertiary/aromatic N) is 1. The van der Waals surface area contributed by atoms with Crippen LogP contribution in [0.5, 0.6) is 11.5 Å². The summed E-state index contributed by atoms with van der Waals surface area (Å²) in [6, 6.07) is 8.51. The number of cyclic esters (lactones) is 1. The molecular weight excluding hydrogens is 481 g/mol. The molecule has 0 atom stereocenters. The van der Waals surface area contributed by atoms with Gasteiger partial charge in [0, 0.05) is 5.56 Å². The zero-order chi connectivity index (χ0) is 21.0. The van der Waals surface area contributed by atoms with E-state index < -0.39 is 5.97 Å². The molecule has 1 aliphatic rings. The van der Waals surface area contributed by atoms with Gasteiger partial charge in [-0.1, -0.05) is 36.5 Å². The lowest BCUT2D eigenvalue weighted by Gasteiger charge is -2.13. The predicted molar refractivity (Wildman–Crippen MR) is 118 cm³/mol. The summed E-state index contributed by atoms with van der Waals surface area (Å²) in [5, 5.41) is 0.766. The summed E-state index contributed by atoms with van der Waals surface area (Å²) in [6.45, 7) is 2.69. The van der Waals surface area contributed by atoms with Gasteiger partial charge < -0.3 is 14.2 Å². The number of unbranched alkanes of at least 4 members (excludes halogenated alkanes) is 1. The molecule has 0 bridgehead atoms. The van der Waals surface area contributed by atoms with Gasteiger partial charge in [0.05, 0.1) is 28.2 Å². The summed E-state index contributed by atoms with van der Waals surface area (Å²) >= 11 is 15.5. The number of aliphatic imine (C=N–C) groups is 1. The molecular formula is C21H18BrCl2NO4. The van der Waals surface area contributed by atoms with Crippen molar-refractivity contribution in [3.8, 4) is 11.5 Å². The number of rotatable bonds is 7. The first-order valence-corrected chi connectivity index (χ1v) is 10.5. The maximum atomic E-state index is 12.3. The third kappa shape index (κ3) is 5.13. The molecule has 0 N–H and O–H groups in total. The summed E-state index contributed by atoms with van der Waals surface area (Å²) in [4.78, 5) is 16.6. The summed E-state index contributed by atoms with van der Waals surface area (Å²) < 4.78 is 17.2. The number of hydrogen-bond donors (Lipinski definition) is 0. The van der Waals surface area contributed by atoms with Crippen molar-refractivity contribution in [3.63, 3.8) is 0 Å². The lowest BCUT2D eigenvalue weighted by molar-refractivity contribution is -0.129. The fourth-order valence-corrected chi connectivity index (χ4v) is 3.47. The Kier molecular flexibility index (Phi) is 7.22. The lowest BCUT2D eigenvalue weighted by Crippen LogP contribution is -2.05. The van der Waals surface area contributed by atoms with E-state index in [-0.39, 0.29) is 11.6 Å². The molecule has 5 nitrogen and oxygen atoms in total. The first kappa shape index (κ1) is 21.7. The maximum absolute atomic E-state index is 12.3. The predicted octanol–water partition coefficient (Wildman–Crippen LogP) is 6.29. The van der Waals surface area contributed by atoms with Crippen molar-refractivity contribution in [2.24, 2.45) is 4.99 Å². The van der Waals surface area contributed by atoms with Crippen LogP contribution in [0.4, 0.5) is 0 Å². The van der Waals surface area contributed by atoms with E-state index in [9.17, 15) is 4.79 Å². The highest BCUT2D eigenvalue weighted by atomic mass is 79.9. The molecule has 1 aliphatic heterocycles. The van der Waals surface area contributed by atoms with E-state index in [1.807, 2.05) is 6.07 Å². The second-order valence-corrected chi connectivity index (χ2v) is 7.87. The molecule has 0 aromatic heterocycles. The summed E-state index contributed by atoms with van der Waals surface area (Å²) in [7, 11) is 1.57. The number of ether oxygens (including phenoxy) is 3. The van der Waals surface area contributed by atoms with Crippen LogP contribution in [0, 0.1) is 0 Å². The molecule has 0 radical (unpaired) electrons. The van der Waals surface area contributed by atoms with E-state index in [0.717, 1.165) is 17.3 Å². The molecule has 8 heteroatoms. The van der Waals surface area contributed by atoms with Gasteiger partial charge in [0.1, 0.15) is 0 Å². The van der Waals surface area contributed by atoms with Gasteiger partial charge in [-0.15, -0.1) is 0 Å². The quantitative estimate of drug-likeness (QED) is 0.256. The highest BCUT2D eigenvalue weighted by molar-refractivity contribution is 9.10. The average Bonchev–Trinajstić information content (AvgIpc) is 3.05. The van der Waals surface area contributed by atoms with Crippen LogP contribution in [-0.2, 0) is 9.53 Å². The van der Waals surface area contributed by atoms with E-state index in [1.165, 1.54) is 0 Å². The molecule has 0 saturated carbocycles. The molecule has 0 saturated heterocycles. The van der Waals surface area contributed by atoms with Crippen molar-refractivity contribution in [2.75, 3.05) is 13.7 Å². The SMILES string of the molecule is CCCCOc1c(Br)cc(/C=C2\N=C(c3ccc(Cl)c(Cl)c3)OC2=O)cc1OC. The minimum atomic E-state index is -0.551. The van der Waals surface area contributed by atoms with Crippen LogP contribution in [0.15, 0.2) is 45.5 Å². The van der Waals surface area contributed by atoms with Gasteiger partial charge in [0.15, 0.2) is 17.2 Å². The van der Waals surface area contributed by atoms with Gasteiger partial charge in [-0.3, -0.25) is 0 Å². The first-order valence-electron chi connectivity index (χ1n) is 8.91. The number of benzene rings is 2. The zero-order valence-electron chi connectivity index (χ0n) is 15.8. The van der Waals surface area contributed by atoms with Crippen molar-refractivity contribution < 1.29 is 19.0 Å². The Morgan fingerprint density at radius 1 is 1.21 bits per heavy atom. The highest BCUT2D eigenvalue weighted by Crippen LogP contribution is 2.37. The van der Waals surface area contributed by atoms with Crippen molar-refractivity contribution in [3.05, 3.63) is 61.7 Å². The summed E-state index contributed by atoms with van der Waals surface area (Å²) in [6.07, 6.45) is 3.60. The van der Waals surface area contributed by atoms with Crippen LogP contribution in [0.25, 0.3) is 6.08 Å². The largest absolute Gasteiger partial charge is 0.493 e. The second-order valence-electron chi connectivity index (χ2n) is 6.20. The molecule has 0 spiro atoms. The van der Waals surface area contributed by atoms with Gasteiger partial charge in [0.25, 0.3) is 0 Å². The standard InChI is InChI=1S/C21H18BrCl2NO4/c1-3-4-7-28-19-14(22)8-12(10-18(19)27-2)9-17-21(26)29-20(25-17)13-5-6-15(23)16(24)11-13/h5-6,8-11H,3-4,7H2,1-2H3/b17-9-. The lowest BCUT2D eigenvalue weighted by atomic mass is 10.1. The Bertz CT molecular complexity index is 1000. The molecule has 2 aromatic rings. The fourth-order valence-electron chi connectivity index (χ4n) is 2.60. The number of halogens is 3. The van der Waals surface area contributed by atoms with Gasteiger partial charge in [-0.05, 0) is 64.3 Å². The van der Waals surface area contributed by atoms with Crippen LogP contribution in [0.2, 0.25) is 10.0 Å². The van der Waals surface area contributed by atoms with Crippen LogP contribution < -0.4 is 9.47 Å². The van der Waals surface area contributed by atoms with E-state index in [4.69, 9.17) is 37.4 Å². The summed E-state index contributed by atoms with van der Waals surface area (Å²) in [5.74, 6) is 0.800. The second kappa shape index (κ2) is 9.65. The number of esters is 1. The van der Waals surface area contributed by atoms with Gasteiger partial charge in [-0.2, -0.15) is 0 Å². The Morgan fingerprint density at radius 2 is 2.00 bits per heavy atom. The molecule has 2 aromatic carbocycles. The Labute approximate surface area is 187 Å². The van der Waals surface area contributed by atoms with Crippen molar-refractivity contribution in [1.29, 1.82) is 0 Å². The molecule has 0 fully saturated rings. The maximum Gasteiger partial charge on any atom is 0.363 e. The monoisotopic (exact) mass is 497 g/mol. The molecule has 0 amide bonds. The van der Waals surface area contributed by atoms with E-state index >= 15 is 0 Å². The average molecular weight is 499 g/mol. The van der Waals surface area contributed by atoms with E-state index in [0.29, 0.717) is 39.3 Å². The van der Waals surface area contributed by atoms with Crippen LogP contribution in [-0.4, -0.2) is 25.6 Å². The zero-order valence-corrected chi connectivity index (χ0v) is 18.9. The molecule has 1 heterocycles. The van der Waals surface area contributed by atoms with Gasteiger partial charge in [0.2, 0.25) is 5.90 Å². The highest BCUT2D eigenvalue weighted by Gasteiger charge is 2.25. The number of methoxy groups -OCH3 is 1. The van der Waals surface area contributed by atoms with E-state index in [1.54, 1.807) is 37.5 Å². The Morgan fingerprint density at radius 3 is 2.69 bits per heavy atom. The minimum Gasteiger partial charge on any atom is -0.493 e. The molecule has 0 aliphatic carbocycles. The number of hydrogen-bond acceptors (Lipinski definition) is 5. The Balaban J connectivity index is 1.90. The van der Waals surface area contributed by atoms with Crippen molar-refractivity contribution in [1.82, 2.24) is 0 Å². The smallest absolute Gasteiger partial charge is 0.363 e. The van der Waals surface area contributed by atoms with Crippen molar-refractivity contribution in [2.45, 2.75) is 19.8 Å². The molecule has 0 unspecified atom stereocenters. The van der Waals surface area contributed by atoms with Crippen LogP contribution in [0.3, 0.4) is 0 Å². The van der Waals surface area contributed by atoms with Crippen molar-refractivity contribution >= 4 is 57.1 Å². The summed E-state index contributed by atoms with van der Waals surface area (Å²) in [5.41, 5.74) is 1.44. The topological polar surface area (TPSA) is 57.1 Å². The van der Waals surface area contributed by atoms with Gasteiger partial charge in [-0.25, -0.2) is 9.79 Å². The normalized spacial score (nSPS) is 14.7. The van der Waals surface area contributed by atoms with E-state index in [2.05, 4.69) is 27.8 Å². The van der Waals surface area contributed by atoms with Crippen LogP contribution in [0.1, 0.15) is 30.9 Å². The number of carbonyl (C=O) groups is 1. The van der Waals surface area contributed by atoms with Crippen LogP contribution >= 0.6 is 39.1 Å². The molecule has 29 heavy (non-hydrogen) atoms. The Hall–Kier alpha value is -2.02. The third-order valence-corrected chi connectivity index (χ3v) is 5.41. The minimum absolute atomic E-state index is 0.166. The number of carbonyl (C=O) groups excluding carboxylic acids is 1. The third-order valence-electron chi connectivity index (χ3n) is 4.09.